The molecule has 2 aromatic carbocycles. The third kappa shape index (κ3) is 5.10. The fraction of sp³-hybridized carbons (Fsp3) is 0.263. The van der Waals surface area contributed by atoms with Crippen LogP contribution >= 0.6 is 11.6 Å². The number of carbonyl (C=O) groups is 2. The molecule has 0 aliphatic rings. The molecule has 2 aromatic rings. The Balaban J connectivity index is 1.99. The molecular formula is C19H21ClN2O2. The van der Waals surface area contributed by atoms with E-state index in [1.165, 1.54) is 0 Å². The van der Waals surface area contributed by atoms with Crippen molar-refractivity contribution < 1.29 is 9.59 Å². The molecular weight excluding hydrogens is 324 g/mol. The van der Waals surface area contributed by atoms with Gasteiger partial charge in [0, 0.05) is 17.1 Å². The van der Waals surface area contributed by atoms with E-state index in [-0.39, 0.29) is 17.7 Å². The highest BCUT2D eigenvalue weighted by Crippen LogP contribution is 2.11. The summed E-state index contributed by atoms with van der Waals surface area (Å²) < 4.78 is 0. The van der Waals surface area contributed by atoms with Crippen molar-refractivity contribution in [3.05, 3.63) is 70.7 Å². The van der Waals surface area contributed by atoms with E-state index in [0.29, 0.717) is 17.1 Å². The SMILES string of the molecule is CC(C)C(NC(=O)c1ccc(Cl)cc1)C(=O)NCc1ccccc1. The summed E-state index contributed by atoms with van der Waals surface area (Å²) in [6.45, 7) is 4.23. The van der Waals surface area contributed by atoms with Gasteiger partial charge >= 0.3 is 0 Å². The molecule has 0 bridgehead atoms. The summed E-state index contributed by atoms with van der Waals surface area (Å²) in [4.78, 5) is 24.7. The summed E-state index contributed by atoms with van der Waals surface area (Å²) in [6.07, 6.45) is 0. The Morgan fingerprint density at radius 3 is 2.21 bits per heavy atom. The highest BCUT2D eigenvalue weighted by atomic mass is 35.5. The van der Waals surface area contributed by atoms with E-state index in [4.69, 9.17) is 11.6 Å². The fourth-order valence-corrected chi connectivity index (χ4v) is 2.38. The average molecular weight is 345 g/mol. The molecule has 0 spiro atoms. The Hall–Kier alpha value is -2.33. The summed E-state index contributed by atoms with van der Waals surface area (Å²) in [7, 11) is 0. The second-order valence-corrected chi connectivity index (χ2v) is 6.34. The predicted molar refractivity (Wildman–Crippen MR) is 95.8 cm³/mol. The third-order valence-corrected chi connectivity index (χ3v) is 3.90. The minimum absolute atomic E-state index is 0.0305. The van der Waals surface area contributed by atoms with Crippen molar-refractivity contribution in [3.8, 4) is 0 Å². The van der Waals surface area contributed by atoms with Crippen LogP contribution in [0.1, 0.15) is 29.8 Å². The molecule has 5 heteroatoms. The summed E-state index contributed by atoms with van der Waals surface area (Å²) in [6, 6.07) is 15.6. The van der Waals surface area contributed by atoms with Gasteiger partial charge in [0.1, 0.15) is 6.04 Å². The Labute approximate surface area is 147 Å². The van der Waals surface area contributed by atoms with Crippen LogP contribution in [0.5, 0.6) is 0 Å². The maximum atomic E-state index is 12.4. The fourth-order valence-electron chi connectivity index (χ4n) is 2.26. The number of hydrogen-bond donors (Lipinski definition) is 2. The second-order valence-electron chi connectivity index (χ2n) is 5.91. The number of amides is 2. The standard InChI is InChI=1S/C19H21ClN2O2/c1-13(2)17(19(24)21-12-14-6-4-3-5-7-14)22-18(23)15-8-10-16(20)11-9-15/h3-11,13,17H,12H2,1-2H3,(H,21,24)(H,22,23). The first-order valence-corrected chi connectivity index (χ1v) is 8.23. The molecule has 0 radical (unpaired) electrons. The van der Waals surface area contributed by atoms with Crippen molar-refractivity contribution >= 4 is 23.4 Å². The smallest absolute Gasteiger partial charge is 0.251 e. The molecule has 0 aliphatic heterocycles. The van der Waals surface area contributed by atoms with Crippen LogP contribution in [0.4, 0.5) is 0 Å². The van der Waals surface area contributed by atoms with Gasteiger partial charge in [-0.05, 0) is 35.7 Å². The molecule has 1 atom stereocenters. The molecule has 0 fully saturated rings. The quantitative estimate of drug-likeness (QED) is 0.843. The van der Waals surface area contributed by atoms with Crippen molar-refractivity contribution in [2.24, 2.45) is 5.92 Å². The first-order valence-electron chi connectivity index (χ1n) is 7.85. The maximum absolute atomic E-state index is 12.4. The van der Waals surface area contributed by atoms with Gasteiger partial charge < -0.3 is 10.6 Å². The zero-order chi connectivity index (χ0) is 17.5. The first kappa shape index (κ1) is 18.0. The van der Waals surface area contributed by atoms with Crippen molar-refractivity contribution in [1.82, 2.24) is 10.6 Å². The summed E-state index contributed by atoms with van der Waals surface area (Å²) in [5.41, 5.74) is 1.48. The van der Waals surface area contributed by atoms with Crippen LogP contribution in [-0.4, -0.2) is 17.9 Å². The average Bonchev–Trinajstić information content (AvgIpc) is 2.58. The highest BCUT2D eigenvalue weighted by Gasteiger charge is 2.24. The van der Waals surface area contributed by atoms with E-state index >= 15 is 0 Å². The molecule has 4 nitrogen and oxygen atoms in total. The molecule has 2 N–H and O–H groups in total. The Morgan fingerprint density at radius 1 is 1.00 bits per heavy atom. The van der Waals surface area contributed by atoms with E-state index in [9.17, 15) is 9.59 Å². The van der Waals surface area contributed by atoms with Crippen LogP contribution < -0.4 is 10.6 Å². The van der Waals surface area contributed by atoms with Gasteiger partial charge in [0.2, 0.25) is 5.91 Å². The molecule has 126 valence electrons. The van der Waals surface area contributed by atoms with Crippen molar-refractivity contribution in [2.75, 3.05) is 0 Å². The molecule has 0 aromatic heterocycles. The Kier molecular flexibility index (Phi) is 6.38. The number of rotatable bonds is 6. The van der Waals surface area contributed by atoms with E-state index in [2.05, 4.69) is 10.6 Å². The van der Waals surface area contributed by atoms with Crippen LogP contribution in [0.25, 0.3) is 0 Å². The van der Waals surface area contributed by atoms with Gasteiger partial charge in [-0.15, -0.1) is 0 Å². The Morgan fingerprint density at radius 2 is 1.62 bits per heavy atom. The molecule has 2 amide bonds. The lowest BCUT2D eigenvalue weighted by atomic mass is 10.0. The van der Waals surface area contributed by atoms with Crippen LogP contribution in [0.15, 0.2) is 54.6 Å². The molecule has 0 heterocycles. The molecule has 0 aliphatic carbocycles. The molecule has 2 rings (SSSR count). The zero-order valence-electron chi connectivity index (χ0n) is 13.8. The zero-order valence-corrected chi connectivity index (χ0v) is 14.5. The van der Waals surface area contributed by atoms with Gasteiger partial charge in [0.25, 0.3) is 5.91 Å². The monoisotopic (exact) mass is 344 g/mol. The summed E-state index contributed by atoms with van der Waals surface area (Å²) >= 11 is 5.83. The lowest BCUT2D eigenvalue weighted by Gasteiger charge is -2.22. The maximum Gasteiger partial charge on any atom is 0.251 e. The van der Waals surface area contributed by atoms with Gasteiger partial charge in [-0.1, -0.05) is 55.8 Å². The van der Waals surface area contributed by atoms with Gasteiger partial charge in [0.05, 0.1) is 0 Å². The largest absolute Gasteiger partial charge is 0.350 e. The van der Waals surface area contributed by atoms with Crippen LogP contribution in [0.3, 0.4) is 0 Å². The molecule has 24 heavy (non-hydrogen) atoms. The lowest BCUT2D eigenvalue weighted by Crippen LogP contribution is -2.49. The van der Waals surface area contributed by atoms with Crippen molar-refractivity contribution in [1.29, 1.82) is 0 Å². The summed E-state index contributed by atoms with van der Waals surface area (Å²) in [5.74, 6) is -0.520. The first-order chi connectivity index (χ1) is 11.5. The van der Waals surface area contributed by atoms with E-state index < -0.39 is 6.04 Å². The number of carbonyl (C=O) groups excluding carboxylic acids is 2. The van der Waals surface area contributed by atoms with Gasteiger partial charge in [-0.2, -0.15) is 0 Å². The molecule has 0 saturated carbocycles. The van der Waals surface area contributed by atoms with Gasteiger partial charge in [-0.3, -0.25) is 9.59 Å². The van der Waals surface area contributed by atoms with E-state index in [1.54, 1.807) is 24.3 Å². The number of nitrogens with one attached hydrogen (secondary N) is 2. The van der Waals surface area contributed by atoms with Crippen molar-refractivity contribution in [2.45, 2.75) is 26.4 Å². The minimum atomic E-state index is -0.600. The second kappa shape index (κ2) is 8.50. The minimum Gasteiger partial charge on any atom is -0.350 e. The number of halogens is 1. The highest BCUT2D eigenvalue weighted by molar-refractivity contribution is 6.30. The van der Waals surface area contributed by atoms with Crippen LogP contribution in [0, 0.1) is 5.92 Å². The normalized spacial score (nSPS) is 11.8. The van der Waals surface area contributed by atoms with Crippen LogP contribution in [0.2, 0.25) is 5.02 Å². The lowest BCUT2D eigenvalue weighted by molar-refractivity contribution is -0.124. The van der Waals surface area contributed by atoms with Gasteiger partial charge in [0.15, 0.2) is 0 Å². The summed E-state index contributed by atoms with van der Waals surface area (Å²) in [5, 5.41) is 6.23. The van der Waals surface area contributed by atoms with Crippen molar-refractivity contribution in [3.63, 3.8) is 0 Å². The number of hydrogen-bond acceptors (Lipinski definition) is 2. The van der Waals surface area contributed by atoms with E-state index in [1.807, 2.05) is 44.2 Å². The molecule has 1 unspecified atom stereocenters. The predicted octanol–water partition coefficient (Wildman–Crippen LogP) is 3.41. The van der Waals surface area contributed by atoms with Gasteiger partial charge in [-0.25, -0.2) is 0 Å². The third-order valence-electron chi connectivity index (χ3n) is 3.65. The number of benzene rings is 2. The Bertz CT molecular complexity index is 684. The van der Waals surface area contributed by atoms with Crippen LogP contribution in [-0.2, 0) is 11.3 Å². The van der Waals surface area contributed by atoms with E-state index in [0.717, 1.165) is 5.56 Å². The molecule has 0 saturated heterocycles. The topological polar surface area (TPSA) is 58.2 Å².